The number of aliphatic hydroxyl groups is 1. The summed E-state index contributed by atoms with van der Waals surface area (Å²) in [6.07, 6.45) is 10.4. The second-order valence-corrected chi connectivity index (χ2v) is 13.0. The Balaban J connectivity index is 1.64. The highest BCUT2D eigenvalue weighted by atomic mass is 32.2. The van der Waals surface area contributed by atoms with E-state index < -0.39 is 33.4 Å². The van der Waals surface area contributed by atoms with E-state index in [1.54, 1.807) is 21.6 Å². The first-order valence-corrected chi connectivity index (χ1v) is 14.6. The van der Waals surface area contributed by atoms with Crippen LogP contribution in [0.3, 0.4) is 0 Å². The molecule has 204 valence electrons. The van der Waals surface area contributed by atoms with E-state index in [9.17, 15) is 19.5 Å². The number of aliphatic hydroxyl groups excluding tert-OH is 1. The molecule has 1 unspecified atom stereocenters. The van der Waals surface area contributed by atoms with Crippen LogP contribution < -0.4 is 0 Å². The highest BCUT2D eigenvalue weighted by Crippen LogP contribution is 2.65. The zero-order valence-electron chi connectivity index (χ0n) is 22.4. The Bertz CT molecular complexity index is 1140. The quantitative estimate of drug-likeness (QED) is 0.440. The number of nitrogens with zero attached hydrogens (tertiary/aromatic N) is 2. The molecule has 38 heavy (non-hydrogen) atoms. The summed E-state index contributed by atoms with van der Waals surface area (Å²) in [5.74, 6) is -2.26. The number of rotatable bonds is 6. The van der Waals surface area contributed by atoms with Gasteiger partial charge in [0.2, 0.25) is 11.8 Å². The first-order chi connectivity index (χ1) is 18.3. The number of carbonyl (C=O) groups excluding carboxylic acids is 3. The van der Waals surface area contributed by atoms with Crippen molar-refractivity contribution in [2.75, 3.05) is 19.8 Å². The fraction of sp³-hybridized carbons (Fsp3) is 0.567. The van der Waals surface area contributed by atoms with Gasteiger partial charge in [0.05, 0.1) is 35.8 Å². The topological polar surface area (TPSA) is 87.2 Å². The number of fused-ring (bicyclic) bond motifs is 2. The van der Waals surface area contributed by atoms with Crippen LogP contribution >= 0.6 is 11.8 Å². The minimum Gasteiger partial charge on any atom is -0.465 e. The summed E-state index contributed by atoms with van der Waals surface area (Å²) in [5.41, 5.74) is 1.01. The number of thioether (sulfide) groups is 1. The van der Waals surface area contributed by atoms with Crippen molar-refractivity contribution in [2.24, 2.45) is 17.8 Å². The van der Waals surface area contributed by atoms with Gasteiger partial charge in [-0.25, -0.2) is 0 Å². The van der Waals surface area contributed by atoms with Crippen molar-refractivity contribution >= 4 is 29.5 Å². The Morgan fingerprint density at radius 1 is 1.11 bits per heavy atom. The van der Waals surface area contributed by atoms with Gasteiger partial charge in [-0.1, -0.05) is 74.9 Å². The van der Waals surface area contributed by atoms with Gasteiger partial charge in [-0.2, -0.15) is 0 Å². The van der Waals surface area contributed by atoms with Gasteiger partial charge in [-0.3, -0.25) is 14.4 Å². The van der Waals surface area contributed by atoms with Crippen LogP contribution in [0.5, 0.6) is 0 Å². The fourth-order valence-electron chi connectivity index (χ4n) is 6.74. The smallest absolute Gasteiger partial charge is 0.311 e. The molecular weight excluding hydrogens is 500 g/mol. The van der Waals surface area contributed by atoms with E-state index in [0.29, 0.717) is 19.7 Å². The molecule has 0 bridgehead atoms. The molecule has 5 rings (SSSR count). The molecule has 2 fully saturated rings. The number of ether oxygens (including phenoxy) is 1. The zero-order valence-corrected chi connectivity index (χ0v) is 23.2. The molecule has 7 atom stereocenters. The molecule has 0 radical (unpaired) electrons. The largest absolute Gasteiger partial charge is 0.465 e. The monoisotopic (exact) mass is 538 g/mol. The normalized spacial score (nSPS) is 35.3. The molecule has 1 N–H and O–H groups in total. The van der Waals surface area contributed by atoms with Gasteiger partial charge in [0.25, 0.3) is 0 Å². The lowest BCUT2D eigenvalue weighted by atomic mass is 9.74. The number of hydrogen-bond acceptors (Lipinski definition) is 6. The maximum absolute atomic E-state index is 14.5. The SMILES string of the molecule is CC[C@H](C)[C@H](CO)N1C(=O)[C@@H]2[C@@H]3C(=O)OCCC/C=C\[C@]3(C)S[C@@]23C=CCN(Cc2ccccc2)C(=O)C13. The number of carbonyl (C=O) groups is 3. The van der Waals surface area contributed by atoms with Crippen LogP contribution in [0.2, 0.25) is 0 Å². The van der Waals surface area contributed by atoms with Crippen molar-refractivity contribution in [3.8, 4) is 0 Å². The summed E-state index contributed by atoms with van der Waals surface area (Å²) in [5, 5.41) is 10.5. The molecule has 0 aromatic heterocycles. The third kappa shape index (κ3) is 4.30. The number of hydrogen-bond donors (Lipinski definition) is 1. The minimum atomic E-state index is -0.942. The van der Waals surface area contributed by atoms with E-state index in [4.69, 9.17) is 4.74 Å². The van der Waals surface area contributed by atoms with E-state index in [1.165, 1.54) is 0 Å². The highest BCUT2D eigenvalue weighted by Gasteiger charge is 2.74. The lowest BCUT2D eigenvalue weighted by molar-refractivity contribution is -0.155. The summed E-state index contributed by atoms with van der Waals surface area (Å²) < 4.78 is 4.05. The second-order valence-electron chi connectivity index (χ2n) is 11.2. The summed E-state index contributed by atoms with van der Waals surface area (Å²) in [6.45, 7) is 6.92. The molecule has 4 aliphatic rings. The van der Waals surface area contributed by atoms with Crippen molar-refractivity contribution in [3.05, 3.63) is 60.2 Å². The second kappa shape index (κ2) is 10.5. The molecule has 2 saturated heterocycles. The van der Waals surface area contributed by atoms with E-state index >= 15 is 0 Å². The average molecular weight is 539 g/mol. The van der Waals surface area contributed by atoms with Gasteiger partial charge in [0.1, 0.15) is 6.04 Å². The third-order valence-electron chi connectivity index (χ3n) is 8.83. The lowest BCUT2D eigenvalue weighted by Gasteiger charge is -2.41. The lowest BCUT2D eigenvalue weighted by Crippen LogP contribution is -2.58. The number of cyclic esters (lactones) is 1. The van der Waals surface area contributed by atoms with Crippen LogP contribution in [-0.4, -0.2) is 74.0 Å². The van der Waals surface area contributed by atoms with Crippen molar-refractivity contribution in [2.45, 2.75) is 68.2 Å². The predicted octanol–water partition coefficient (Wildman–Crippen LogP) is 3.57. The number of allylic oxidation sites excluding steroid dienone is 1. The first kappa shape index (κ1) is 27.0. The Labute approximate surface area is 229 Å². The van der Waals surface area contributed by atoms with Crippen LogP contribution in [-0.2, 0) is 25.7 Å². The standard InChI is InChI=1S/C30H38N2O5S/c1-4-20(2)22(19-33)32-25-27(35)31(18-21-12-7-5-8-13-21)16-11-15-30(25)23(26(32)34)24-28(36)37-17-10-6-9-14-29(24,3)38-30/h5,7-9,11-15,20,22-25,33H,4,6,10,16-19H2,1-3H3/b14-9-/t20-,22-,23-,24+,25?,29-,30-/m0/s1. The molecule has 1 aromatic carbocycles. The zero-order chi connectivity index (χ0) is 27.1. The van der Waals surface area contributed by atoms with E-state index in [1.807, 2.05) is 63.3 Å². The number of likely N-dealkylation sites (tertiary alicyclic amines) is 1. The molecule has 0 aliphatic carbocycles. The van der Waals surface area contributed by atoms with E-state index in [0.717, 1.165) is 24.8 Å². The third-order valence-corrected chi connectivity index (χ3v) is 10.6. The summed E-state index contributed by atoms with van der Waals surface area (Å²) >= 11 is 1.55. The maximum Gasteiger partial charge on any atom is 0.311 e. The predicted molar refractivity (Wildman–Crippen MR) is 147 cm³/mol. The van der Waals surface area contributed by atoms with Crippen LogP contribution in [0.4, 0.5) is 0 Å². The van der Waals surface area contributed by atoms with Gasteiger partial charge in [0, 0.05) is 17.8 Å². The average Bonchev–Trinajstić information content (AvgIpc) is 3.26. The molecular formula is C30H38N2O5S. The van der Waals surface area contributed by atoms with Crippen molar-refractivity contribution in [1.29, 1.82) is 0 Å². The van der Waals surface area contributed by atoms with Crippen LogP contribution in [0.15, 0.2) is 54.6 Å². The molecule has 1 aromatic rings. The molecule has 8 heteroatoms. The molecule has 0 saturated carbocycles. The molecule has 7 nitrogen and oxygen atoms in total. The van der Waals surface area contributed by atoms with Crippen molar-refractivity contribution in [3.63, 3.8) is 0 Å². The Hall–Kier alpha value is -2.58. The van der Waals surface area contributed by atoms with E-state index in [-0.39, 0.29) is 30.3 Å². The number of benzene rings is 1. The van der Waals surface area contributed by atoms with E-state index in [2.05, 4.69) is 12.2 Å². The molecule has 1 spiro atoms. The van der Waals surface area contributed by atoms with Crippen molar-refractivity contribution < 1.29 is 24.2 Å². The highest BCUT2D eigenvalue weighted by molar-refractivity contribution is 8.02. The first-order valence-electron chi connectivity index (χ1n) is 13.8. The Morgan fingerprint density at radius 2 is 1.87 bits per heavy atom. The Morgan fingerprint density at radius 3 is 2.58 bits per heavy atom. The minimum absolute atomic E-state index is 0.0220. The van der Waals surface area contributed by atoms with Gasteiger partial charge < -0.3 is 19.6 Å². The van der Waals surface area contributed by atoms with Gasteiger partial charge in [0.15, 0.2) is 0 Å². The van der Waals surface area contributed by atoms with Gasteiger partial charge in [-0.15, -0.1) is 11.8 Å². The molecule has 2 amide bonds. The van der Waals surface area contributed by atoms with Crippen LogP contribution in [0.1, 0.15) is 45.6 Å². The van der Waals surface area contributed by atoms with Gasteiger partial charge in [-0.05, 0) is 31.2 Å². The van der Waals surface area contributed by atoms with Crippen LogP contribution in [0.25, 0.3) is 0 Å². The Kier molecular flexibility index (Phi) is 7.48. The van der Waals surface area contributed by atoms with Crippen LogP contribution in [0, 0.1) is 17.8 Å². The summed E-state index contributed by atoms with van der Waals surface area (Å²) in [7, 11) is 0. The van der Waals surface area contributed by atoms with Gasteiger partial charge >= 0.3 is 5.97 Å². The van der Waals surface area contributed by atoms with Crippen molar-refractivity contribution in [1.82, 2.24) is 9.80 Å². The maximum atomic E-state index is 14.5. The molecule has 4 aliphatic heterocycles. The molecule has 4 heterocycles. The number of esters is 1. The fourth-order valence-corrected chi connectivity index (χ4v) is 8.88. The summed E-state index contributed by atoms with van der Waals surface area (Å²) in [4.78, 5) is 46.0. The number of amides is 2. The summed E-state index contributed by atoms with van der Waals surface area (Å²) in [6, 6.07) is 8.48.